The van der Waals surface area contributed by atoms with Crippen molar-refractivity contribution in [1.82, 2.24) is 0 Å². The lowest BCUT2D eigenvalue weighted by atomic mass is 10.1. The molecule has 0 aliphatic carbocycles. The molecule has 82 valence electrons. The number of carbonyl (C=O) groups excluding carboxylic acids is 2. The van der Waals surface area contributed by atoms with Crippen molar-refractivity contribution in [2.75, 3.05) is 5.32 Å². The molecule has 0 bridgehead atoms. The zero-order valence-corrected chi connectivity index (χ0v) is 8.67. The summed E-state index contributed by atoms with van der Waals surface area (Å²) in [5.41, 5.74) is 1.01. The van der Waals surface area contributed by atoms with Gasteiger partial charge in [-0.25, -0.2) is 4.79 Å². The van der Waals surface area contributed by atoms with Gasteiger partial charge >= 0.3 is 5.97 Å². The minimum Gasteiger partial charge on any atom is -0.475 e. The van der Waals surface area contributed by atoms with Gasteiger partial charge in [-0.3, -0.25) is 9.59 Å². The molecule has 0 spiro atoms. The number of benzene rings is 1. The number of nitrogens with one attached hydrogen (secondary N) is 1. The molecule has 0 saturated carbocycles. The van der Waals surface area contributed by atoms with Gasteiger partial charge in [-0.1, -0.05) is 11.6 Å². The first kappa shape index (κ1) is 10.6. The minimum absolute atomic E-state index is 0.0216. The number of carbonyl (C=O) groups is 3. The van der Waals surface area contributed by atoms with Gasteiger partial charge in [0.25, 0.3) is 5.78 Å². The maximum Gasteiger partial charge on any atom is 0.377 e. The molecule has 0 fully saturated rings. The van der Waals surface area contributed by atoms with Crippen molar-refractivity contribution in [2.24, 2.45) is 0 Å². The molecule has 1 aromatic rings. The van der Waals surface area contributed by atoms with Gasteiger partial charge in [-0.05, 0) is 17.7 Å². The van der Waals surface area contributed by atoms with Crippen molar-refractivity contribution in [3.8, 4) is 0 Å². The Morgan fingerprint density at radius 2 is 2.06 bits per heavy atom. The van der Waals surface area contributed by atoms with E-state index in [1.54, 1.807) is 0 Å². The molecule has 0 saturated heterocycles. The van der Waals surface area contributed by atoms with E-state index in [1.165, 1.54) is 12.1 Å². The molecule has 1 aliphatic heterocycles. The van der Waals surface area contributed by atoms with Crippen LogP contribution in [0.3, 0.4) is 0 Å². The Labute approximate surface area is 95.0 Å². The third kappa shape index (κ3) is 1.65. The molecule has 5 nitrogen and oxygen atoms in total. The molecule has 0 radical (unpaired) electrons. The van der Waals surface area contributed by atoms with Gasteiger partial charge in [-0.2, -0.15) is 0 Å². The topological polar surface area (TPSA) is 83.5 Å². The number of ketones is 1. The SMILES string of the molecule is O=C1Cc2cc(C(=O)C(=O)O)c(Cl)cc2N1. The van der Waals surface area contributed by atoms with Crippen LogP contribution in [-0.2, 0) is 16.0 Å². The number of fused-ring (bicyclic) bond motifs is 1. The highest BCUT2D eigenvalue weighted by atomic mass is 35.5. The van der Waals surface area contributed by atoms with Gasteiger partial charge in [0.15, 0.2) is 0 Å². The van der Waals surface area contributed by atoms with Gasteiger partial charge in [0.2, 0.25) is 5.91 Å². The van der Waals surface area contributed by atoms with Crippen LogP contribution in [0.2, 0.25) is 5.02 Å². The summed E-state index contributed by atoms with van der Waals surface area (Å²) in [6.45, 7) is 0. The summed E-state index contributed by atoms with van der Waals surface area (Å²) in [6, 6.07) is 2.73. The maximum absolute atomic E-state index is 11.3. The monoisotopic (exact) mass is 239 g/mol. The highest BCUT2D eigenvalue weighted by Gasteiger charge is 2.24. The lowest BCUT2D eigenvalue weighted by Gasteiger charge is -2.03. The molecule has 1 amide bonds. The first-order valence-electron chi connectivity index (χ1n) is 4.39. The fraction of sp³-hybridized carbons (Fsp3) is 0.100. The number of aliphatic carboxylic acids is 1. The second kappa shape index (κ2) is 3.61. The minimum atomic E-state index is -1.57. The van der Waals surface area contributed by atoms with E-state index in [9.17, 15) is 14.4 Å². The van der Waals surface area contributed by atoms with Gasteiger partial charge in [0.05, 0.1) is 11.4 Å². The molecule has 1 aromatic carbocycles. The number of carboxylic acids is 1. The number of anilines is 1. The number of hydrogen-bond acceptors (Lipinski definition) is 3. The fourth-order valence-electron chi connectivity index (χ4n) is 1.54. The highest BCUT2D eigenvalue weighted by Crippen LogP contribution is 2.29. The van der Waals surface area contributed by atoms with Crippen LogP contribution in [0.25, 0.3) is 0 Å². The Morgan fingerprint density at radius 3 is 2.69 bits per heavy atom. The van der Waals surface area contributed by atoms with Gasteiger partial charge in [-0.15, -0.1) is 0 Å². The van der Waals surface area contributed by atoms with Crippen molar-refractivity contribution in [1.29, 1.82) is 0 Å². The van der Waals surface area contributed by atoms with Crippen LogP contribution >= 0.6 is 11.6 Å². The van der Waals surface area contributed by atoms with Crippen LogP contribution in [0.1, 0.15) is 15.9 Å². The van der Waals surface area contributed by atoms with Crippen LogP contribution in [0, 0.1) is 0 Å². The van der Waals surface area contributed by atoms with Gasteiger partial charge < -0.3 is 10.4 Å². The van der Waals surface area contributed by atoms with E-state index < -0.39 is 11.8 Å². The third-order valence-electron chi connectivity index (χ3n) is 2.26. The molecule has 2 N–H and O–H groups in total. The van der Waals surface area contributed by atoms with E-state index >= 15 is 0 Å². The average Bonchev–Trinajstić information content (AvgIpc) is 2.54. The fourth-order valence-corrected chi connectivity index (χ4v) is 1.79. The lowest BCUT2D eigenvalue weighted by Crippen LogP contribution is -2.13. The first-order valence-corrected chi connectivity index (χ1v) is 4.76. The summed E-state index contributed by atoms with van der Waals surface area (Å²) in [5.74, 6) is -2.85. The van der Waals surface area contributed by atoms with E-state index in [2.05, 4.69) is 5.32 Å². The van der Waals surface area contributed by atoms with Crippen LogP contribution in [-0.4, -0.2) is 22.8 Å². The van der Waals surface area contributed by atoms with E-state index in [-0.39, 0.29) is 22.9 Å². The van der Waals surface area contributed by atoms with E-state index in [0.29, 0.717) is 11.3 Å². The molecular weight excluding hydrogens is 234 g/mol. The predicted octanol–water partition coefficient (Wildman–Crippen LogP) is 1.10. The van der Waals surface area contributed by atoms with Crippen molar-refractivity contribution in [3.05, 3.63) is 28.3 Å². The molecule has 0 aromatic heterocycles. The van der Waals surface area contributed by atoms with E-state index in [4.69, 9.17) is 16.7 Å². The van der Waals surface area contributed by atoms with Crippen molar-refractivity contribution in [2.45, 2.75) is 6.42 Å². The van der Waals surface area contributed by atoms with Crippen LogP contribution in [0.4, 0.5) is 5.69 Å². The zero-order valence-electron chi connectivity index (χ0n) is 7.91. The third-order valence-corrected chi connectivity index (χ3v) is 2.57. The Morgan fingerprint density at radius 1 is 1.38 bits per heavy atom. The molecule has 2 rings (SSSR count). The van der Waals surface area contributed by atoms with E-state index in [1.807, 2.05) is 0 Å². The summed E-state index contributed by atoms with van der Waals surface area (Å²) in [7, 11) is 0. The maximum atomic E-state index is 11.3. The largest absolute Gasteiger partial charge is 0.475 e. The molecule has 6 heteroatoms. The number of carboxylic acid groups (broad SMARTS) is 1. The number of Topliss-reactive ketones (excluding diaryl/α,β-unsaturated/α-hetero) is 1. The molecule has 0 atom stereocenters. The summed E-state index contributed by atoms with van der Waals surface area (Å²) in [4.78, 5) is 32.9. The molecule has 0 unspecified atom stereocenters. The summed E-state index contributed by atoms with van der Waals surface area (Å²) >= 11 is 5.76. The zero-order chi connectivity index (χ0) is 11.9. The van der Waals surface area contributed by atoms with Crippen LogP contribution in [0.15, 0.2) is 12.1 Å². The Hall–Kier alpha value is -1.88. The van der Waals surface area contributed by atoms with Crippen molar-refractivity contribution in [3.63, 3.8) is 0 Å². The second-order valence-corrected chi connectivity index (χ2v) is 3.76. The highest BCUT2D eigenvalue weighted by molar-refractivity contribution is 6.45. The molecule has 1 heterocycles. The molecule has 16 heavy (non-hydrogen) atoms. The Bertz CT molecular complexity index is 524. The Balaban J connectivity index is 2.50. The van der Waals surface area contributed by atoms with Gasteiger partial charge in [0, 0.05) is 11.3 Å². The summed E-state index contributed by atoms with van der Waals surface area (Å²) in [5, 5.41) is 11.1. The predicted molar refractivity (Wildman–Crippen MR) is 55.8 cm³/mol. The van der Waals surface area contributed by atoms with E-state index in [0.717, 1.165) is 0 Å². The summed E-state index contributed by atoms with van der Waals surface area (Å²) in [6.07, 6.45) is 0.131. The quantitative estimate of drug-likeness (QED) is 0.598. The lowest BCUT2D eigenvalue weighted by molar-refractivity contribution is -0.131. The average molecular weight is 240 g/mol. The first-order chi connectivity index (χ1) is 7.49. The van der Waals surface area contributed by atoms with Crippen LogP contribution < -0.4 is 5.32 Å². The number of halogens is 1. The number of amides is 1. The normalized spacial score (nSPS) is 13.2. The second-order valence-electron chi connectivity index (χ2n) is 3.35. The van der Waals surface area contributed by atoms with Crippen LogP contribution in [0.5, 0.6) is 0 Å². The Kier molecular flexibility index (Phi) is 2.40. The molecular formula is C10H6ClNO4. The van der Waals surface area contributed by atoms with Crippen molar-refractivity contribution < 1.29 is 19.5 Å². The standard InChI is InChI=1S/C10H6ClNO4/c11-6-3-7-4(2-8(13)12-7)1-5(6)9(14)10(15)16/h1,3H,2H2,(H,12,13)(H,15,16). The summed E-state index contributed by atoms with van der Waals surface area (Å²) < 4.78 is 0. The van der Waals surface area contributed by atoms with Gasteiger partial charge in [0.1, 0.15) is 0 Å². The smallest absolute Gasteiger partial charge is 0.377 e. The number of rotatable bonds is 2. The molecule has 1 aliphatic rings. The van der Waals surface area contributed by atoms with Crippen molar-refractivity contribution >= 4 is 34.9 Å². The number of hydrogen-bond donors (Lipinski definition) is 2.